The highest BCUT2D eigenvalue weighted by atomic mass is 35.5. The summed E-state index contributed by atoms with van der Waals surface area (Å²) in [5.74, 6) is 2.81. The van der Waals surface area contributed by atoms with E-state index < -0.39 is 8.07 Å². The van der Waals surface area contributed by atoms with Gasteiger partial charge in [-0.25, -0.2) is 0 Å². The highest BCUT2D eigenvalue weighted by Gasteiger charge is 2.06. The highest BCUT2D eigenvalue weighted by Crippen LogP contribution is 2.04. The van der Waals surface area contributed by atoms with E-state index in [1.165, 1.54) is 6.08 Å². The molecule has 0 spiro atoms. The Bertz CT molecular complexity index is 186. The third-order valence-electron chi connectivity index (χ3n) is 0.628. The Hall–Kier alpha value is 0.0969. The Morgan fingerprint density at radius 2 is 1.80 bits per heavy atom. The lowest BCUT2D eigenvalue weighted by molar-refractivity contribution is 1.81. The summed E-state index contributed by atoms with van der Waals surface area (Å²) < 4.78 is 0.228. The van der Waals surface area contributed by atoms with Gasteiger partial charge in [-0.15, -0.1) is 5.54 Å². The van der Waals surface area contributed by atoms with E-state index in [1.54, 1.807) is 0 Å². The van der Waals surface area contributed by atoms with Crippen LogP contribution in [0.25, 0.3) is 0 Å². The zero-order chi connectivity index (χ0) is 8.20. The summed E-state index contributed by atoms with van der Waals surface area (Å²) in [6, 6.07) is 0. The zero-order valence-corrected chi connectivity index (χ0v) is 8.85. The van der Waals surface area contributed by atoms with Crippen molar-refractivity contribution in [2.75, 3.05) is 0 Å². The maximum Gasteiger partial charge on any atom is 0.129 e. The van der Waals surface area contributed by atoms with Gasteiger partial charge in [-0.2, -0.15) is 0 Å². The Morgan fingerprint density at radius 1 is 1.30 bits per heavy atom. The monoisotopic (exact) mass is 192 g/mol. The van der Waals surface area contributed by atoms with E-state index in [9.17, 15) is 0 Å². The molecule has 0 nitrogen and oxygen atoms in total. The Balaban J connectivity index is 4.07. The van der Waals surface area contributed by atoms with Gasteiger partial charge in [0.25, 0.3) is 0 Å². The van der Waals surface area contributed by atoms with Crippen molar-refractivity contribution >= 4 is 31.3 Å². The summed E-state index contributed by atoms with van der Waals surface area (Å²) in [7, 11) is -1.25. The predicted molar refractivity (Wildman–Crippen MR) is 50.9 cm³/mol. The lowest BCUT2D eigenvalue weighted by Gasteiger charge is -2.01. The molecule has 0 unspecified atom stereocenters. The molecule has 0 aromatic carbocycles. The Labute approximate surface area is 73.2 Å². The number of hydrogen-bond donors (Lipinski definition) is 0. The van der Waals surface area contributed by atoms with Gasteiger partial charge in [0.15, 0.2) is 0 Å². The van der Waals surface area contributed by atoms with Gasteiger partial charge in [0.2, 0.25) is 0 Å². The third-order valence-corrected chi connectivity index (χ3v) is 1.74. The molecule has 10 heavy (non-hydrogen) atoms. The number of hydrogen-bond acceptors (Lipinski definition) is 0. The van der Waals surface area contributed by atoms with Crippen LogP contribution in [0.2, 0.25) is 19.6 Å². The van der Waals surface area contributed by atoms with Crippen molar-refractivity contribution in [3.05, 3.63) is 10.6 Å². The zero-order valence-electron chi connectivity index (χ0n) is 6.33. The van der Waals surface area contributed by atoms with Crippen LogP contribution in [0.5, 0.6) is 0 Å². The van der Waals surface area contributed by atoms with Crippen molar-refractivity contribution in [2.24, 2.45) is 0 Å². The first kappa shape index (κ1) is 10.1. The molecule has 0 amide bonds. The number of halogens is 2. The minimum absolute atomic E-state index is 0.228. The van der Waals surface area contributed by atoms with Crippen LogP contribution in [-0.2, 0) is 0 Å². The van der Waals surface area contributed by atoms with Crippen molar-refractivity contribution in [1.29, 1.82) is 0 Å². The number of rotatable bonds is 0. The highest BCUT2D eigenvalue weighted by molar-refractivity contribution is 6.83. The minimum atomic E-state index is -1.25. The summed E-state index contributed by atoms with van der Waals surface area (Å²) >= 11 is 10.7. The summed E-state index contributed by atoms with van der Waals surface area (Å²) in [6.07, 6.45) is 1.52. The average molecular weight is 193 g/mol. The van der Waals surface area contributed by atoms with Gasteiger partial charge in [0.1, 0.15) is 12.6 Å². The lowest BCUT2D eigenvalue weighted by Crippen LogP contribution is -2.16. The summed E-state index contributed by atoms with van der Waals surface area (Å²) in [5.41, 5.74) is 3.10. The molecule has 0 aliphatic carbocycles. The van der Waals surface area contributed by atoms with Gasteiger partial charge >= 0.3 is 0 Å². The molecule has 0 aliphatic rings. The first-order chi connectivity index (χ1) is 4.42. The maximum atomic E-state index is 5.35. The molecule has 0 aromatic heterocycles. The van der Waals surface area contributed by atoms with E-state index in [2.05, 4.69) is 31.1 Å². The van der Waals surface area contributed by atoms with Crippen LogP contribution >= 0.6 is 23.2 Å². The first-order valence-electron chi connectivity index (χ1n) is 2.96. The fraction of sp³-hybridized carbons (Fsp3) is 0.429. The van der Waals surface area contributed by atoms with Gasteiger partial charge in [0, 0.05) is 6.08 Å². The molecule has 0 heterocycles. The lowest BCUT2D eigenvalue weighted by atomic mass is 10.7. The Kier molecular flexibility index (Phi) is 4.11. The quantitative estimate of drug-likeness (QED) is 0.409. The van der Waals surface area contributed by atoms with Gasteiger partial charge in [-0.1, -0.05) is 48.8 Å². The molecule has 0 aromatic rings. The summed E-state index contributed by atoms with van der Waals surface area (Å²) in [6.45, 7) is 6.49. The largest absolute Gasteiger partial charge is 0.129 e. The van der Waals surface area contributed by atoms with Crippen LogP contribution in [0.15, 0.2) is 10.6 Å². The predicted octanol–water partition coefficient (Wildman–Crippen LogP) is 3.19. The van der Waals surface area contributed by atoms with Crippen molar-refractivity contribution in [3.8, 4) is 11.5 Å². The van der Waals surface area contributed by atoms with E-state index in [-0.39, 0.29) is 4.49 Å². The normalized spacial score (nSPS) is 9.70. The van der Waals surface area contributed by atoms with Gasteiger partial charge in [-0.3, -0.25) is 0 Å². The van der Waals surface area contributed by atoms with E-state index in [0.717, 1.165) is 0 Å². The fourth-order valence-corrected chi connectivity index (χ4v) is 0.921. The summed E-state index contributed by atoms with van der Waals surface area (Å²) in [5, 5.41) is 0. The third kappa shape index (κ3) is 8.10. The second-order valence-electron chi connectivity index (χ2n) is 2.95. The van der Waals surface area contributed by atoms with Crippen molar-refractivity contribution < 1.29 is 0 Å². The molecule has 0 saturated carbocycles. The maximum absolute atomic E-state index is 5.35. The minimum Gasteiger partial charge on any atom is -0.127 e. The van der Waals surface area contributed by atoms with Gasteiger partial charge < -0.3 is 0 Å². The van der Waals surface area contributed by atoms with Crippen LogP contribution in [0.4, 0.5) is 0 Å². The SMILES string of the molecule is C[Si](C)(C)C#CC=C(Cl)Cl. The molecular weight excluding hydrogens is 183 g/mol. The molecule has 0 bridgehead atoms. The van der Waals surface area contributed by atoms with E-state index in [0.29, 0.717) is 0 Å². The van der Waals surface area contributed by atoms with Crippen molar-refractivity contribution in [2.45, 2.75) is 19.6 Å². The first-order valence-corrected chi connectivity index (χ1v) is 7.21. The van der Waals surface area contributed by atoms with Crippen molar-refractivity contribution in [3.63, 3.8) is 0 Å². The van der Waals surface area contributed by atoms with Crippen molar-refractivity contribution in [1.82, 2.24) is 0 Å². The smallest absolute Gasteiger partial charge is 0.127 e. The second kappa shape index (κ2) is 4.08. The molecule has 0 atom stereocenters. The van der Waals surface area contributed by atoms with Gasteiger partial charge in [-0.05, 0) is 0 Å². The average Bonchev–Trinajstić information content (AvgIpc) is 1.59. The second-order valence-corrected chi connectivity index (χ2v) is 8.71. The van der Waals surface area contributed by atoms with Crippen LogP contribution in [-0.4, -0.2) is 8.07 Å². The molecule has 0 radical (unpaired) electrons. The van der Waals surface area contributed by atoms with Crippen LogP contribution in [0, 0.1) is 11.5 Å². The van der Waals surface area contributed by atoms with Gasteiger partial charge in [0.05, 0.1) is 0 Å². The topological polar surface area (TPSA) is 0 Å². The molecule has 56 valence electrons. The molecule has 0 aliphatic heterocycles. The standard InChI is InChI=1S/C7H10Cl2Si/c1-10(2,3)6-4-5-7(8)9/h5H,1-3H3. The molecule has 3 heteroatoms. The fourth-order valence-electron chi connectivity index (χ4n) is 0.307. The molecule has 0 N–H and O–H groups in total. The molecule has 0 rings (SSSR count). The van der Waals surface area contributed by atoms with Crippen LogP contribution in [0.3, 0.4) is 0 Å². The molecule has 0 fully saturated rings. The van der Waals surface area contributed by atoms with Crippen LogP contribution in [0.1, 0.15) is 0 Å². The molecule has 0 saturated heterocycles. The van der Waals surface area contributed by atoms with E-state index in [4.69, 9.17) is 23.2 Å². The van der Waals surface area contributed by atoms with E-state index >= 15 is 0 Å². The van der Waals surface area contributed by atoms with Crippen LogP contribution < -0.4 is 0 Å². The molecular formula is C7H10Cl2Si. The Morgan fingerprint density at radius 3 is 2.10 bits per heavy atom. The summed E-state index contributed by atoms with van der Waals surface area (Å²) in [4.78, 5) is 0. The number of allylic oxidation sites excluding steroid dienone is 1. The van der Waals surface area contributed by atoms with E-state index in [1.807, 2.05) is 0 Å².